The summed E-state index contributed by atoms with van der Waals surface area (Å²) in [5.74, 6) is -0.212. The zero-order valence-electron chi connectivity index (χ0n) is 16.8. The van der Waals surface area contributed by atoms with Crippen LogP contribution in [-0.2, 0) is 9.84 Å². The Labute approximate surface area is 179 Å². The number of piperidine rings is 1. The minimum absolute atomic E-state index is 0.0728. The first-order chi connectivity index (χ1) is 14.8. The highest BCUT2D eigenvalue weighted by Gasteiger charge is 2.31. The van der Waals surface area contributed by atoms with Crippen molar-refractivity contribution in [2.45, 2.75) is 23.7 Å². The molecule has 31 heavy (non-hydrogen) atoms. The molecule has 10 heteroatoms. The molecule has 1 amide bonds. The lowest BCUT2D eigenvalue weighted by molar-refractivity contribution is 0.0704. The molecule has 0 radical (unpaired) electrons. The predicted octanol–water partition coefficient (Wildman–Crippen LogP) is 2.06. The van der Waals surface area contributed by atoms with Gasteiger partial charge in [-0.25, -0.2) is 18.4 Å². The van der Waals surface area contributed by atoms with Crippen LogP contribution in [0.3, 0.4) is 0 Å². The highest BCUT2D eigenvalue weighted by Crippen LogP contribution is 2.32. The van der Waals surface area contributed by atoms with E-state index >= 15 is 0 Å². The van der Waals surface area contributed by atoms with Crippen molar-refractivity contribution in [3.8, 4) is 17.1 Å². The first-order valence-corrected chi connectivity index (χ1v) is 11.6. The van der Waals surface area contributed by atoms with Crippen LogP contribution in [-0.4, -0.2) is 63.6 Å². The van der Waals surface area contributed by atoms with E-state index in [4.69, 9.17) is 0 Å². The van der Waals surface area contributed by atoms with Crippen molar-refractivity contribution < 1.29 is 18.3 Å². The number of nitrogens with zero attached hydrogens (tertiary/aromatic N) is 5. The van der Waals surface area contributed by atoms with Crippen molar-refractivity contribution in [1.29, 1.82) is 0 Å². The fourth-order valence-corrected chi connectivity index (χ4v) is 4.55. The molecule has 1 atom stereocenters. The molecule has 4 heterocycles. The smallest absolute Gasteiger partial charge is 0.255 e. The number of carbonyl (C=O) groups is 1. The van der Waals surface area contributed by atoms with Gasteiger partial charge in [-0.1, -0.05) is 0 Å². The summed E-state index contributed by atoms with van der Waals surface area (Å²) in [7, 11) is -3.56. The van der Waals surface area contributed by atoms with Gasteiger partial charge in [0.2, 0.25) is 0 Å². The zero-order chi connectivity index (χ0) is 22.0. The number of hydrogen-bond acceptors (Lipinski definition) is 8. The van der Waals surface area contributed by atoms with Crippen molar-refractivity contribution in [1.82, 2.24) is 24.8 Å². The van der Waals surface area contributed by atoms with Gasteiger partial charge in [-0.2, -0.15) is 0 Å². The number of hydrogen-bond donors (Lipinski definition) is 1. The fraction of sp³-hybridized carbons (Fsp3) is 0.286. The lowest BCUT2D eigenvalue weighted by Crippen LogP contribution is -2.39. The summed E-state index contributed by atoms with van der Waals surface area (Å²) in [6, 6.07) is 4.88. The summed E-state index contributed by atoms with van der Waals surface area (Å²) in [6.07, 6.45) is 9.76. The molecule has 0 bridgehead atoms. The maximum Gasteiger partial charge on any atom is 0.255 e. The maximum absolute atomic E-state index is 12.9. The number of rotatable bonds is 4. The summed E-state index contributed by atoms with van der Waals surface area (Å²) in [6.45, 7) is 0.839. The third kappa shape index (κ3) is 4.53. The molecule has 0 aromatic carbocycles. The second-order valence-electron chi connectivity index (χ2n) is 7.47. The van der Waals surface area contributed by atoms with Crippen LogP contribution >= 0.6 is 0 Å². The normalized spacial score (nSPS) is 16.8. The van der Waals surface area contributed by atoms with Crippen molar-refractivity contribution in [3.63, 3.8) is 0 Å². The van der Waals surface area contributed by atoms with E-state index in [9.17, 15) is 18.3 Å². The van der Waals surface area contributed by atoms with Crippen LogP contribution in [0.15, 0.2) is 54.1 Å². The highest BCUT2D eigenvalue weighted by atomic mass is 32.2. The Hall–Kier alpha value is -3.40. The lowest BCUT2D eigenvalue weighted by atomic mass is 9.94. The van der Waals surface area contributed by atoms with Crippen LogP contribution in [0, 0.1) is 0 Å². The Morgan fingerprint density at radius 1 is 1.16 bits per heavy atom. The second-order valence-corrected chi connectivity index (χ2v) is 9.46. The monoisotopic (exact) mass is 439 g/mol. The Kier molecular flexibility index (Phi) is 5.64. The van der Waals surface area contributed by atoms with E-state index in [-0.39, 0.29) is 28.0 Å². The summed E-state index contributed by atoms with van der Waals surface area (Å²) in [5, 5.41) is 9.63. The topological polar surface area (TPSA) is 126 Å². The molecule has 1 aliphatic rings. The van der Waals surface area contributed by atoms with Crippen molar-refractivity contribution in [2.75, 3.05) is 19.3 Å². The van der Waals surface area contributed by atoms with Crippen LogP contribution in [0.1, 0.15) is 34.8 Å². The summed E-state index contributed by atoms with van der Waals surface area (Å²) < 4.78 is 24.8. The Bertz CT molecular complexity index is 1220. The van der Waals surface area contributed by atoms with E-state index in [0.29, 0.717) is 37.4 Å². The first kappa shape index (κ1) is 20.9. The van der Waals surface area contributed by atoms with Gasteiger partial charge in [0.05, 0.1) is 17.5 Å². The quantitative estimate of drug-likeness (QED) is 0.655. The van der Waals surface area contributed by atoms with Crippen LogP contribution in [0.5, 0.6) is 5.75 Å². The van der Waals surface area contributed by atoms with E-state index in [1.165, 1.54) is 24.7 Å². The van der Waals surface area contributed by atoms with Crippen LogP contribution in [0.2, 0.25) is 0 Å². The average molecular weight is 439 g/mol. The van der Waals surface area contributed by atoms with Crippen molar-refractivity contribution >= 4 is 15.7 Å². The summed E-state index contributed by atoms with van der Waals surface area (Å²) in [5.41, 5.74) is 1.42. The molecule has 1 aliphatic heterocycles. The van der Waals surface area contributed by atoms with Gasteiger partial charge in [0.15, 0.2) is 15.7 Å². The first-order valence-electron chi connectivity index (χ1n) is 9.73. The second kappa shape index (κ2) is 8.38. The molecular formula is C21H21N5O4S. The van der Waals surface area contributed by atoms with Gasteiger partial charge in [0, 0.05) is 55.6 Å². The van der Waals surface area contributed by atoms with Crippen molar-refractivity contribution in [2.24, 2.45) is 0 Å². The van der Waals surface area contributed by atoms with E-state index in [1.807, 2.05) is 0 Å². The number of carbonyl (C=O) groups excluding carboxylic acids is 1. The molecule has 1 saturated heterocycles. The van der Waals surface area contributed by atoms with Crippen LogP contribution in [0.25, 0.3) is 11.4 Å². The molecule has 160 valence electrons. The number of amides is 1. The van der Waals surface area contributed by atoms with Gasteiger partial charge in [-0.15, -0.1) is 0 Å². The Balaban J connectivity index is 1.69. The van der Waals surface area contributed by atoms with E-state index in [1.54, 1.807) is 29.4 Å². The maximum atomic E-state index is 12.9. The number of sulfone groups is 1. The van der Waals surface area contributed by atoms with Crippen molar-refractivity contribution in [3.05, 3.63) is 60.4 Å². The Morgan fingerprint density at radius 2 is 1.94 bits per heavy atom. The largest absolute Gasteiger partial charge is 0.506 e. The van der Waals surface area contributed by atoms with Gasteiger partial charge in [-0.05, 0) is 31.0 Å². The minimum atomic E-state index is -3.56. The van der Waals surface area contributed by atoms with Crippen LogP contribution < -0.4 is 0 Å². The average Bonchev–Trinajstić information content (AvgIpc) is 2.78. The Morgan fingerprint density at radius 3 is 2.65 bits per heavy atom. The molecular weight excluding hydrogens is 418 g/mol. The molecule has 3 aromatic rings. The minimum Gasteiger partial charge on any atom is -0.506 e. The molecule has 4 rings (SSSR count). The van der Waals surface area contributed by atoms with E-state index in [0.717, 1.165) is 11.8 Å². The molecule has 9 nitrogen and oxygen atoms in total. The highest BCUT2D eigenvalue weighted by molar-refractivity contribution is 7.90. The molecule has 1 fully saturated rings. The molecule has 1 N–H and O–H groups in total. The lowest BCUT2D eigenvalue weighted by Gasteiger charge is -2.33. The van der Waals surface area contributed by atoms with Gasteiger partial charge in [0.1, 0.15) is 10.6 Å². The number of aromatic hydroxyl groups is 1. The number of pyridine rings is 2. The summed E-state index contributed by atoms with van der Waals surface area (Å²) in [4.78, 5) is 31.3. The van der Waals surface area contributed by atoms with E-state index < -0.39 is 9.84 Å². The standard InChI is InChI=1S/C21H21N5O4S/c1-31(29,30)18-12-24-20(14-4-6-22-7-5-14)25-19(18)15-3-2-8-26(13-15)21(28)16-9-17(27)11-23-10-16/h4-7,9-12,15,27H,2-3,8,13H2,1H3/t15-/m1/s1. The molecule has 0 aliphatic carbocycles. The number of likely N-dealkylation sites (tertiary alicyclic amines) is 1. The van der Waals surface area contributed by atoms with Gasteiger partial charge in [-0.3, -0.25) is 14.8 Å². The third-order valence-corrected chi connectivity index (χ3v) is 6.30. The summed E-state index contributed by atoms with van der Waals surface area (Å²) >= 11 is 0. The zero-order valence-corrected chi connectivity index (χ0v) is 17.7. The number of aromatic nitrogens is 4. The molecule has 0 unspecified atom stereocenters. The van der Waals surface area contributed by atoms with E-state index in [2.05, 4.69) is 19.9 Å². The fourth-order valence-electron chi connectivity index (χ4n) is 3.71. The predicted molar refractivity (Wildman–Crippen MR) is 112 cm³/mol. The van der Waals surface area contributed by atoms with Gasteiger partial charge >= 0.3 is 0 Å². The van der Waals surface area contributed by atoms with Gasteiger partial charge < -0.3 is 10.0 Å². The SMILES string of the molecule is CS(=O)(=O)c1cnc(-c2ccncc2)nc1[C@@H]1CCCN(C(=O)c2cncc(O)c2)C1. The molecule has 3 aromatic heterocycles. The third-order valence-electron chi connectivity index (χ3n) is 5.19. The molecule has 0 saturated carbocycles. The van der Waals surface area contributed by atoms with Crippen LogP contribution in [0.4, 0.5) is 0 Å². The molecule has 0 spiro atoms. The van der Waals surface area contributed by atoms with Gasteiger partial charge in [0.25, 0.3) is 5.91 Å².